The number of rotatable bonds is 7. The SMILES string of the molecule is COc1cccc(OCc2cc(COC3CCCN3)no2)c1. The number of benzene rings is 1. The summed E-state index contributed by atoms with van der Waals surface area (Å²) in [5.41, 5.74) is 0.776. The van der Waals surface area contributed by atoms with Crippen molar-refractivity contribution in [1.29, 1.82) is 0 Å². The molecular weight excluding hydrogens is 284 g/mol. The summed E-state index contributed by atoms with van der Waals surface area (Å²) < 4.78 is 21.8. The van der Waals surface area contributed by atoms with Crippen LogP contribution in [0.15, 0.2) is 34.9 Å². The Morgan fingerprint density at radius 3 is 3.00 bits per heavy atom. The molecule has 1 saturated heterocycles. The normalized spacial score (nSPS) is 17.6. The number of hydrogen-bond donors (Lipinski definition) is 1. The molecule has 0 radical (unpaired) electrons. The Labute approximate surface area is 129 Å². The van der Waals surface area contributed by atoms with E-state index in [1.807, 2.05) is 30.3 Å². The van der Waals surface area contributed by atoms with Gasteiger partial charge in [0.25, 0.3) is 0 Å². The van der Waals surface area contributed by atoms with Crippen molar-refractivity contribution in [3.05, 3.63) is 41.8 Å². The van der Waals surface area contributed by atoms with Crippen molar-refractivity contribution in [2.24, 2.45) is 0 Å². The molecule has 1 aromatic heterocycles. The third-order valence-corrected chi connectivity index (χ3v) is 3.48. The first kappa shape index (κ1) is 14.9. The summed E-state index contributed by atoms with van der Waals surface area (Å²) >= 11 is 0. The summed E-state index contributed by atoms with van der Waals surface area (Å²) in [6.07, 6.45) is 2.33. The maximum atomic E-state index is 5.70. The Balaban J connectivity index is 1.48. The summed E-state index contributed by atoms with van der Waals surface area (Å²) in [6, 6.07) is 9.30. The van der Waals surface area contributed by atoms with Crippen LogP contribution in [0.5, 0.6) is 11.5 Å². The second-order valence-electron chi connectivity index (χ2n) is 5.15. The topological polar surface area (TPSA) is 65.8 Å². The fraction of sp³-hybridized carbons (Fsp3) is 0.438. The number of methoxy groups -OCH3 is 1. The molecule has 2 heterocycles. The lowest BCUT2D eigenvalue weighted by Gasteiger charge is -2.09. The molecule has 6 heteroatoms. The van der Waals surface area contributed by atoms with Crippen LogP contribution in [-0.4, -0.2) is 25.0 Å². The average molecular weight is 304 g/mol. The zero-order chi connectivity index (χ0) is 15.2. The Kier molecular flexibility index (Phi) is 4.92. The molecule has 0 saturated carbocycles. The van der Waals surface area contributed by atoms with Crippen LogP contribution < -0.4 is 14.8 Å². The highest BCUT2D eigenvalue weighted by molar-refractivity contribution is 5.32. The van der Waals surface area contributed by atoms with Gasteiger partial charge in [0.1, 0.15) is 30.0 Å². The lowest BCUT2D eigenvalue weighted by Crippen LogP contribution is -2.24. The number of nitrogens with zero attached hydrogens (tertiary/aromatic N) is 1. The number of ether oxygens (including phenoxy) is 3. The molecule has 2 aromatic rings. The van der Waals surface area contributed by atoms with Crippen LogP contribution in [0.25, 0.3) is 0 Å². The second-order valence-corrected chi connectivity index (χ2v) is 5.15. The van der Waals surface area contributed by atoms with Crippen molar-refractivity contribution in [2.75, 3.05) is 13.7 Å². The lowest BCUT2D eigenvalue weighted by molar-refractivity contribution is 0.0280. The predicted molar refractivity (Wildman–Crippen MR) is 79.6 cm³/mol. The zero-order valence-corrected chi connectivity index (χ0v) is 12.6. The minimum absolute atomic E-state index is 0.133. The van der Waals surface area contributed by atoms with Crippen LogP contribution >= 0.6 is 0 Å². The van der Waals surface area contributed by atoms with Crippen LogP contribution in [0.1, 0.15) is 24.3 Å². The minimum Gasteiger partial charge on any atom is -0.497 e. The first-order valence-corrected chi connectivity index (χ1v) is 7.40. The van der Waals surface area contributed by atoms with Gasteiger partial charge in [-0.25, -0.2) is 0 Å². The zero-order valence-electron chi connectivity index (χ0n) is 12.6. The third-order valence-electron chi connectivity index (χ3n) is 3.48. The van der Waals surface area contributed by atoms with Crippen LogP contribution in [0.2, 0.25) is 0 Å². The smallest absolute Gasteiger partial charge is 0.174 e. The Hall–Kier alpha value is -2.05. The van der Waals surface area contributed by atoms with E-state index in [2.05, 4.69) is 10.5 Å². The first-order valence-electron chi connectivity index (χ1n) is 7.40. The molecule has 3 rings (SSSR count). The monoisotopic (exact) mass is 304 g/mol. The van der Waals surface area contributed by atoms with Gasteiger partial charge in [0.15, 0.2) is 5.76 Å². The van der Waals surface area contributed by atoms with Gasteiger partial charge in [0, 0.05) is 12.1 Å². The summed E-state index contributed by atoms with van der Waals surface area (Å²) in [7, 11) is 1.63. The molecule has 1 N–H and O–H groups in total. The van der Waals surface area contributed by atoms with E-state index in [9.17, 15) is 0 Å². The molecular formula is C16H20N2O4. The van der Waals surface area contributed by atoms with E-state index in [1.165, 1.54) is 0 Å². The number of hydrogen-bond acceptors (Lipinski definition) is 6. The third kappa shape index (κ3) is 3.99. The number of nitrogens with one attached hydrogen (secondary N) is 1. The quantitative estimate of drug-likeness (QED) is 0.848. The van der Waals surface area contributed by atoms with Crippen molar-refractivity contribution in [3.8, 4) is 11.5 Å². The van der Waals surface area contributed by atoms with Crippen LogP contribution in [-0.2, 0) is 18.0 Å². The van der Waals surface area contributed by atoms with Gasteiger partial charge in [-0.2, -0.15) is 0 Å². The van der Waals surface area contributed by atoms with Crippen LogP contribution in [0.3, 0.4) is 0 Å². The van der Waals surface area contributed by atoms with Gasteiger partial charge in [-0.05, 0) is 31.5 Å². The number of aromatic nitrogens is 1. The summed E-state index contributed by atoms with van der Waals surface area (Å²) in [5.74, 6) is 2.15. The standard InChI is InChI=1S/C16H20N2O4/c1-19-13-4-2-5-14(9-13)20-11-15-8-12(18-22-15)10-21-16-6-3-7-17-16/h2,4-5,8-9,16-17H,3,6-7,10-11H2,1H3. The molecule has 0 bridgehead atoms. The van der Waals surface area contributed by atoms with Gasteiger partial charge in [-0.3, -0.25) is 5.32 Å². The maximum Gasteiger partial charge on any atom is 0.174 e. The molecule has 6 nitrogen and oxygen atoms in total. The fourth-order valence-electron chi connectivity index (χ4n) is 2.32. The highest BCUT2D eigenvalue weighted by atomic mass is 16.5. The van der Waals surface area contributed by atoms with Crippen molar-refractivity contribution in [3.63, 3.8) is 0 Å². The van der Waals surface area contributed by atoms with E-state index < -0.39 is 0 Å². The van der Waals surface area contributed by atoms with Gasteiger partial charge in [-0.15, -0.1) is 0 Å². The lowest BCUT2D eigenvalue weighted by atomic mass is 10.3. The molecule has 1 fully saturated rings. The van der Waals surface area contributed by atoms with E-state index >= 15 is 0 Å². The Morgan fingerprint density at radius 1 is 1.27 bits per heavy atom. The Morgan fingerprint density at radius 2 is 2.18 bits per heavy atom. The summed E-state index contributed by atoms with van der Waals surface area (Å²) in [5, 5.41) is 7.26. The largest absolute Gasteiger partial charge is 0.497 e. The van der Waals surface area contributed by atoms with E-state index in [1.54, 1.807) is 7.11 Å². The van der Waals surface area contributed by atoms with E-state index in [0.717, 1.165) is 36.6 Å². The van der Waals surface area contributed by atoms with E-state index in [0.29, 0.717) is 19.0 Å². The van der Waals surface area contributed by atoms with Gasteiger partial charge in [0.2, 0.25) is 0 Å². The van der Waals surface area contributed by atoms with Gasteiger partial charge in [-0.1, -0.05) is 11.2 Å². The Bertz CT molecular complexity index is 593. The summed E-state index contributed by atoms with van der Waals surface area (Å²) in [6.45, 7) is 1.78. The molecule has 1 aromatic carbocycles. The molecule has 22 heavy (non-hydrogen) atoms. The molecule has 0 aliphatic carbocycles. The van der Waals surface area contributed by atoms with Crippen LogP contribution in [0, 0.1) is 0 Å². The molecule has 1 aliphatic heterocycles. The highest BCUT2D eigenvalue weighted by Crippen LogP contribution is 2.20. The molecule has 0 amide bonds. The van der Waals surface area contributed by atoms with Crippen molar-refractivity contribution in [1.82, 2.24) is 10.5 Å². The molecule has 1 atom stereocenters. The van der Waals surface area contributed by atoms with Crippen molar-refractivity contribution in [2.45, 2.75) is 32.3 Å². The molecule has 1 aliphatic rings. The minimum atomic E-state index is 0.133. The van der Waals surface area contributed by atoms with Crippen molar-refractivity contribution < 1.29 is 18.7 Å². The van der Waals surface area contributed by atoms with E-state index in [-0.39, 0.29) is 6.23 Å². The molecule has 0 spiro atoms. The average Bonchev–Trinajstić information content (AvgIpc) is 3.22. The predicted octanol–water partition coefficient (Wildman–Crippen LogP) is 2.49. The fourth-order valence-corrected chi connectivity index (χ4v) is 2.32. The van der Waals surface area contributed by atoms with Crippen LogP contribution in [0.4, 0.5) is 0 Å². The second kappa shape index (κ2) is 7.29. The van der Waals surface area contributed by atoms with Gasteiger partial charge < -0.3 is 18.7 Å². The molecule has 118 valence electrons. The van der Waals surface area contributed by atoms with E-state index in [4.69, 9.17) is 18.7 Å². The van der Waals surface area contributed by atoms with Gasteiger partial charge in [0.05, 0.1) is 13.7 Å². The molecule has 1 unspecified atom stereocenters. The highest BCUT2D eigenvalue weighted by Gasteiger charge is 2.15. The van der Waals surface area contributed by atoms with Crippen molar-refractivity contribution >= 4 is 0 Å². The van der Waals surface area contributed by atoms with Gasteiger partial charge >= 0.3 is 0 Å². The first-order chi connectivity index (χ1) is 10.8. The maximum absolute atomic E-state index is 5.70. The summed E-state index contributed by atoms with van der Waals surface area (Å²) in [4.78, 5) is 0.